The van der Waals surface area contributed by atoms with E-state index in [-0.39, 0.29) is 5.91 Å². The van der Waals surface area contributed by atoms with Gasteiger partial charge in [-0.1, -0.05) is 0 Å². The number of hydrogen-bond donors (Lipinski definition) is 0. The maximum Gasteiger partial charge on any atom is 0.244 e. The second-order valence-corrected chi connectivity index (χ2v) is 6.24. The van der Waals surface area contributed by atoms with E-state index in [1.165, 1.54) is 0 Å². The van der Waals surface area contributed by atoms with Crippen molar-refractivity contribution in [1.82, 2.24) is 4.90 Å². The zero-order valence-electron chi connectivity index (χ0n) is 7.62. The number of nitrogens with zero attached hydrogens (tertiary/aromatic N) is 1. The number of likely N-dealkylation sites (tertiary alicyclic amines) is 1. The molecular formula is C8H13NO3S. The molecule has 1 saturated heterocycles. The molecule has 74 valence electrons. The summed E-state index contributed by atoms with van der Waals surface area (Å²) in [7, 11) is -3.20. The summed E-state index contributed by atoms with van der Waals surface area (Å²) in [6, 6.07) is 0. The Morgan fingerprint density at radius 1 is 1.31 bits per heavy atom. The van der Waals surface area contributed by atoms with Crippen LogP contribution in [0.3, 0.4) is 0 Å². The Morgan fingerprint density at radius 3 is 2.08 bits per heavy atom. The van der Waals surface area contributed by atoms with Gasteiger partial charge in [0, 0.05) is 19.3 Å². The summed E-state index contributed by atoms with van der Waals surface area (Å²) in [6.07, 6.45) is 3.20. The van der Waals surface area contributed by atoms with Crippen LogP contribution in [-0.4, -0.2) is 43.3 Å². The third kappa shape index (κ3) is 1.17. The highest BCUT2D eigenvalue weighted by molar-refractivity contribution is 7.93. The lowest BCUT2D eigenvalue weighted by atomic mass is 10.2. The molecule has 1 saturated carbocycles. The van der Waals surface area contributed by atoms with Crippen molar-refractivity contribution >= 4 is 15.7 Å². The molecule has 4 nitrogen and oxygen atoms in total. The van der Waals surface area contributed by atoms with Crippen LogP contribution in [0.4, 0.5) is 0 Å². The Bertz CT molecular complexity index is 338. The SMILES string of the molecule is CS(=O)(=O)C1(C(=O)N2CCC2)CC1. The zero-order valence-corrected chi connectivity index (χ0v) is 8.43. The first-order chi connectivity index (χ1) is 5.97. The number of sulfone groups is 1. The van der Waals surface area contributed by atoms with Gasteiger partial charge in [0.15, 0.2) is 14.6 Å². The average molecular weight is 203 g/mol. The molecular weight excluding hydrogens is 190 g/mol. The van der Waals surface area contributed by atoms with E-state index in [4.69, 9.17) is 0 Å². The zero-order chi connectivity index (χ0) is 9.69. The molecule has 0 atom stereocenters. The summed E-state index contributed by atoms with van der Waals surface area (Å²) in [5.74, 6) is -0.166. The van der Waals surface area contributed by atoms with Crippen LogP contribution in [0.25, 0.3) is 0 Å². The van der Waals surface area contributed by atoms with Gasteiger partial charge in [0.1, 0.15) is 0 Å². The fourth-order valence-electron chi connectivity index (χ4n) is 1.66. The fraction of sp³-hybridized carbons (Fsp3) is 0.875. The lowest BCUT2D eigenvalue weighted by molar-refractivity contribution is -0.134. The first-order valence-electron chi connectivity index (χ1n) is 4.46. The third-order valence-corrected chi connectivity index (χ3v) is 4.95. The summed E-state index contributed by atoms with van der Waals surface area (Å²) in [5, 5.41) is 0. The Morgan fingerprint density at radius 2 is 1.85 bits per heavy atom. The second kappa shape index (κ2) is 2.47. The van der Waals surface area contributed by atoms with Gasteiger partial charge in [0.05, 0.1) is 0 Å². The molecule has 0 aromatic carbocycles. The molecule has 0 N–H and O–H groups in total. The van der Waals surface area contributed by atoms with Crippen molar-refractivity contribution in [3.63, 3.8) is 0 Å². The standard InChI is InChI=1S/C8H13NO3S/c1-13(11,12)8(3-4-8)7(10)9-5-2-6-9/h2-6H2,1H3. The van der Waals surface area contributed by atoms with Crippen LogP contribution in [0.15, 0.2) is 0 Å². The van der Waals surface area contributed by atoms with E-state index in [0.29, 0.717) is 12.8 Å². The van der Waals surface area contributed by atoms with Crippen LogP contribution in [0.2, 0.25) is 0 Å². The summed E-state index contributed by atoms with van der Waals surface area (Å²) in [6.45, 7) is 1.46. The Balaban J connectivity index is 2.20. The van der Waals surface area contributed by atoms with E-state index >= 15 is 0 Å². The largest absolute Gasteiger partial charge is 0.341 e. The van der Waals surface area contributed by atoms with E-state index in [0.717, 1.165) is 25.8 Å². The summed E-state index contributed by atoms with van der Waals surface area (Å²) in [5.41, 5.74) is 0. The highest BCUT2D eigenvalue weighted by atomic mass is 32.2. The highest BCUT2D eigenvalue weighted by Gasteiger charge is 2.60. The van der Waals surface area contributed by atoms with E-state index in [1.807, 2.05) is 0 Å². The molecule has 1 heterocycles. The summed E-state index contributed by atoms with van der Waals surface area (Å²) < 4.78 is 21.7. The minimum atomic E-state index is -3.20. The quantitative estimate of drug-likeness (QED) is 0.624. The molecule has 5 heteroatoms. The van der Waals surface area contributed by atoms with Crippen molar-refractivity contribution in [3.05, 3.63) is 0 Å². The van der Waals surface area contributed by atoms with Gasteiger partial charge in [0.25, 0.3) is 0 Å². The lowest BCUT2D eigenvalue weighted by Gasteiger charge is -2.33. The van der Waals surface area contributed by atoms with Crippen LogP contribution in [-0.2, 0) is 14.6 Å². The molecule has 13 heavy (non-hydrogen) atoms. The van der Waals surface area contributed by atoms with Gasteiger partial charge in [-0.25, -0.2) is 8.42 Å². The van der Waals surface area contributed by atoms with Gasteiger partial charge < -0.3 is 4.90 Å². The molecule has 1 aliphatic carbocycles. The molecule has 2 rings (SSSR count). The topological polar surface area (TPSA) is 54.5 Å². The molecule has 0 aromatic rings. The normalized spacial score (nSPS) is 25.2. The minimum Gasteiger partial charge on any atom is -0.341 e. The third-order valence-electron chi connectivity index (χ3n) is 2.95. The molecule has 2 aliphatic rings. The Hall–Kier alpha value is -0.580. The highest BCUT2D eigenvalue weighted by Crippen LogP contribution is 2.45. The van der Waals surface area contributed by atoms with Crippen molar-refractivity contribution in [1.29, 1.82) is 0 Å². The van der Waals surface area contributed by atoms with Crippen LogP contribution >= 0.6 is 0 Å². The first-order valence-corrected chi connectivity index (χ1v) is 6.35. The second-order valence-electron chi connectivity index (χ2n) is 3.91. The first kappa shape index (κ1) is 8.99. The van der Waals surface area contributed by atoms with Crippen LogP contribution in [0.1, 0.15) is 19.3 Å². The van der Waals surface area contributed by atoms with E-state index in [1.54, 1.807) is 4.90 Å². The smallest absolute Gasteiger partial charge is 0.244 e. The van der Waals surface area contributed by atoms with E-state index < -0.39 is 14.6 Å². The molecule has 0 unspecified atom stereocenters. The van der Waals surface area contributed by atoms with Crippen molar-refractivity contribution in [2.45, 2.75) is 24.0 Å². The maximum absolute atomic E-state index is 11.7. The lowest BCUT2D eigenvalue weighted by Crippen LogP contribution is -2.50. The number of carbonyl (C=O) groups is 1. The van der Waals surface area contributed by atoms with Gasteiger partial charge in [0.2, 0.25) is 5.91 Å². The van der Waals surface area contributed by atoms with Crippen molar-refractivity contribution in [2.75, 3.05) is 19.3 Å². The molecule has 1 aliphatic heterocycles. The molecule has 0 spiro atoms. The van der Waals surface area contributed by atoms with Crippen molar-refractivity contribution in [3.8, 4) is 0 Å². The molecule has 2 fully saturated rings. The molecule has 0 radical (unpaired) electrons. The Kier molecular flexibility index (Phi) is 1.71. The number of hydrogen-bond acceptors (Lipinski definition) is 3. The monoisotopic (exact) mass is 203 g/mol. The van der Waals surface area contributed by atoms with Crippen molar-refractivity contribution in [2.24, 2.45) is 0 Å². The predicted octanol–water partition coefficient (Wildman–Crippen LogP) is -0.204. The van der Waals surface area contributed by atoms with Crippen LogP contribution in [0, 0.1) is 0 Å². The van der Waals surface area contributed by atoms with Gasteiger partial charge in [-0.2, -0.15) is 0 Å². The van der Waals surface area contributed by atoms with Crippen molar-refractivity contribution < 1.29 is 13.2 Å². The van der Waals surface area contributed by atoms with Gasteiger partial charge in [-0.15, -0.1) is 0 Å². The number of amides is 1. The fourth-order valence-corrected chi connectivity index (χ4v) is 2.95. The molecule has 0 bridgehead atoms. The minimum absolute atomic E-state index is 0.166. The average Bonchev–Trinajstić information content (AvgIpc) is 2.57. The summed E-state index contributed by atoms with van der Waals surface area (Å²) in [4.78, 5) is 13.3. The van der Waals surface area contributed by atoms with Gasteiger partial charge in [-0.3, -0.25) is 4.79 Å². The van der Waals surface area contributed by atoms with Crippen LogP contribution in [0.5, 0.6) is 0 Å². The number of rotatable bonds is 2. The predicted molar refractivity (Wildman–Crippen MR) is 48.0 cm³/mol. The van der Waals surface area contributed by atoms with E-state index in [2.05, 4.69) is 0 Å². The number of carbonyl (C=O) groups excluding carboxylic acids is 1. The van der Waals surface area contributed by atoms with Gasteiger partial charge >= 0.3 is 0 Å². The maximum atomic E-state index is 11.7. The van der Waals surface area contributed by atoms with Gasteiger partial charge in [-0.05, 0) is 19.3 Å². The Labute approximate surface area is 77.8 Å². The summed E-state index contributed by atoms with van der Waals surface area (Å²) >= 11 is 0. The molecule has 1 amide bonds. The van der Waals surface area contributed by atoms with E-state index in [9.17, 15) is 13.2 Å². The van der Waals surface area contributed by atoms with Crippen LogP contribution < -0.4 is 0 Å². The molecule has 0 aromatic heterocycles.